The van der Waals surface area contributed by atoms with Crippen molar-refractivity contribution in [2.45, 2.75) is 0 Å². The number of rotatable bonds is 1. The number of benzene rings is 4. The predicted molar refractivity (Wildman–Crippen MR) is 97.3 cm³/mol. The second-order valence-electron chi connectivity index (χ2n) is 5.05. The molecule has 4 aromatic carbocycles. The van der Waals surface area contributed by atoms with Crippen LogP contribution in [0.4, 0.5) is 0 Å². The average Bonchev–Trinajstić information content (AvgIpc) is 2.54. The maximum atomic E-state index is 2.21. The van der Waals surface area contributed by atoms with Crippen LogP contribution in [-0.2, 0) is 0 Å². The standard InChI is InChI=1S/C20H14.H2S/c1-3-11-17-15(7-1)9-5-13-19(17)20-14-6-10-16-8-2-4-12-18(16)20;/h1-14H;1H2. The van der Waals surface area contributed by atoms with Gasteiger partial charge in [-0.05, 0) is 32.7 Å². The lowest BCUT2D eigenvalue weighted by molar-refractivity contribution is 1.68. The predicted octanol–water partition coefficient (Wildman–Crippen LogP) is 5.77. The van der Waals surface area contributed by atoms with E-state index in [-0.39, 0.29) is 13.5 Å². The molecular formula is C20H16S. The molecule has 0 heterocycles. The summed E-state index contributed by atoms with van der Waals surface area (Å²) in [5.41, 5.74) is 2.61. The lowest BCUT2D eigenvalue weighted by atomic mass is 9.94. The van der Waals surface area contributed by atoms with E-state index in [0.29, 0.717) is 0 Å². The molecule has 21 heavy (non-hydrogen) atoms. The first kappa shape index (κ1) is 13.7. The van der Waals surface area contributed by atoms with E-state index >= 15 is 0 Å². The summed E-state index contributed by atoms with van der Waals surface area (Å²) in [6.07, 6.45) is 0. The minimum Gasteiger partial charge on any atom is -0.197 e. The molecule has 0 amide bonds. The molecule has 0 nitrogen and oxygen atoms in total. The van der Waals surface area contributed by atoms with Crippen LogP contribution in [0.5, 0.6) is 0 Å². The molecular weight excluding hydrogens is 272 g/mol. The normalized spacial score (nSPS) is 10.5. The Kier molecular flexibility index (Phi) is 3.68. The molecule has 102 valence electrons. The van der Waals surface area contributed by atoms with Gasteiger partial charge < -0.3 is 0 Å². The summed E-state index contributed by atoms with van der Waals surface area (Å²) in [6.45, 7) is 0. The smallest absolute Gasteiger partial charge is 0.00992 e. The van der Waals surface area contributed by atoms with Gasteiger partial charge in [0.25, 0.3) is 0 Å². The highest BCUT2D eigenvalue weighted by molar-refractivity contribution is 7.59. The van der Waals surface area contributed by atoms with Crippen molar-refractivity contribution in [2.24, 2.45) is 0 Å². The summed E-state index contributed by atoms with van der Waals surface area (Å²) < 4.78 is 0. The zero-order valence-corrected chi connectivity index (χ0v) is 12.6. The Hall–Kier alpha value is -2.25. The molecule has 1 heteroatoms. The van der Waals surface area contributed by atoms with E-state index in [1.165, 1.54) is 32.7 Å². The van der Waals surface area contributed by atoms with Gasteiger partial charge >= 0.3 is 0 Å². The summed E-state index contributed by atoms with van der Waals surface area (Å²) >= 11 is 0. The van der Waals surface area contributed by atoms with E-state index in [1.54, 1.807) is 0 Å². The van der Waals surface area contributed by atoms with Crippen molar-refractivity contribution in [3.8, 4) is 11.1 Å². The van der Waals surface area contributed by atoms with Gasteiger partial charge in [-0.1, -0.05) is 84.9 Å². The Labute approximate surface area is 131 Å². The molecule has 0 unspecified atom stereocenters. The molecule has 0 N–H and O–H groups in total. The number of fused-ring (bicyclic) bond motifs is 2. The number of hydrogen-bond donors (Lipinski definition) is 0. The first-order valence-electron chi connectivity index (χ1n) is 6.89. The van der Waals surface area contributed by atoms with E-state index in [1.807, 2.05) is 0 Å². The first-order valence-corrected chi connectivity index (χ1v) is 6.89. The molecule has 4 rings (SSSR count). The van der Waals surface area contributed by atoms with Gasteiger partial charge in [0.1, 0.15) is 0 Å². The van der Waals surface area contributed by atoms with Crippen molar-refractivity contribution in [1.82, 2.24) is 0 Å². The van der Waals surface area contributed by atoms with Crippen molar-refractivity contribution in [3.63, 3.8) is 0 Å². The molecule has 0 bridgehead atoms. The molecule has 0 saturated heterocycles. The van der Waals surface area contributed by atoms with Gasteiger partial charge in [-0.15, -0.1) is 0 Å². The molecule has 0 saturated carbocycles. The summed E-state index contributed by atoms with van der Waals surface area (Å²) in [7, 11) is 0. The first-order chi connectivity index (χ1) is 9.93. The second-order valence-corrected chi connectivity index (χ2v) is 5.05. The van der Waals surface area contributed by atoms with Crippen LogP contribution in [0, 0.1) is 0 Å². The van der Waals surface area contributed by atoms with E-state index < -0.39 is 0 Å². The van der Waals surface area contributed by atoms with Crippen molar-refractivity contribution >= 4 is 35.0 Å². The summed E-state index contributed by atoms with van der Waals surface area (Å²) in [5.74, 6) is 0. The molecule has 0 aliphatic heterocycles. The van der Waals surface area contributed by atoms with Crippen LogP contribution >= 0.6 is 13.5 Å². The molecule has 0 fully saturated rings. The molecule has 0 atom stereocenters. The topological polar surface area (TPSA) is 0 Å². The van der Waals surface area contributed by atoms with E-state index in [0.717, 1.165) is 0 Å². The van der Waals surface area contributed by atoms with Gasteiger partial charge in [0.15, 0.2) is 0 Å². The Morgan fingerprint density at radius 1 is 0.381 bits per heavy atom. The maximum absolute atomic E-state index is 2.21. The third-order valence-corrected chi connectivity index (χ3v) is 3.87. The Morgan fingerprint density at radius 2 is 0.762 bits per heavy atom. The highest BCUT2D eigenvalue weighted by Crippen LogP contribution is 2.33. The second kappa shape index (κ2) is 5.63. The average molecular weight is 288 g/mol. The highest BCUT2D eigenvalue weighted by atomic mass is 32.1. The fourth-order valence-electron chi connectivity index (χ4n) is 2.92. The minimum absolute atomic E-state index is 0. The van der Waals surface area contributed by atoms with Crippen LogP contribution in [0.15, 0.2) is 84.9 Å². The van der Waals surface area contributed by atoms with Gasteiger partial charge in [-0.3, -0.25) is 0 Å². The largest absolute Gasteiger partial charge is 0.197 e. The third-order valence-electron chi connectivity index (χ3n) is 3.87. The van der Waals surface area contributed by atoms with Crippen molar-refractivity contribution in [1.29, 1.82) is 0 Å². The number of hydrogen-bond acceptors (Lipinski definition) is 0. The van der Waals surface area contributed by atoms with Crippen LogP contribution in [0.2, 0.25) is 0 Å². The monoisotopic (exact) mass is 288 g/mol. The van der Waals surface area contributed by atoms with Crippen LogP contribution in [-0.4, -0.2) is 0 Å². The summed E-state index contributed by atoms with van der Waals surface area (Å²) in [5, 5.41) is 5.20. The third kappa shape index (κ3) is 2.30. The molecule has 4 aromatic rings. The van der Waals surface area contributed by atoms with Crippen molar-refractivity contribution in [2.75, 3.05) is 0 Å². The van der Waals surface area contributed by atoms with Crippen LogP contribution in [0.25, 0.3) is 32.7 Å². The summed E-state index contributed by atoms with van der Waals surface area (Å²) in [4.78, 5) is 0. The van der Waals surface area contributed by atoms with Gasteiger partial charge in [-0.2, -0.15) is 13.5 Å². The fourth-order valence-corrected chi connectivity index (χ4v) is 2.92. The minimum atomic E-state index is 0. The Morgan fingerprint density at radius 3 is 1.24 bits per heavy atom. The molecule has 0 spiro atoms. The zero-order valence-electron chi connectivity index (χ0n) is 11.6. The van der Waals surface area contributed by atoms with E-state index in [9.17, 15) is 0 Å². The SMILES string of the molecule is S.c1ccc2c(-c3cccc4ccccc34)cccc2c1. The Bertz CT molecular complexity index is 821. The van der Waals surface area contributed by atoms with Crippen LogP contribution in [0.1, 0.15) is 0 Å². The van der Waals surface area contributed by atoms with E-state index in [4.69, 9.17) is 0 Å². The van der Waals surface area contributed by atoms with Gasteiger partial charge in [0.05, 0.1) is 0 Å². The van der Waals surface area contributed by atoms with Gasteiger partial charge in [-0.25, -0.2) is 0 Å². The Balaban J connectivity index is 0.00000132. The molecule has 0 aromatic heterocycles. The maximum Gasteiger partial charge on any atom is -0.00992 e. The molecule has 0 aliphatic carbocycles. The fraction of sp³-hybridized carbons (Fsp3) is 0. The van der Waals surface area contributed by atoms with Gasteiger partial charge in [0, 0.05) is 0 Å². The quantitative estimate of drug-likeness (QED) is 0.417. The van der Waals surface area contributed by atoms with Crippen molar-refractivity contribution in [3.05, 3.63) is 84.9 Å². The van der Waals surface area contributed by atoms with Gasteiger partial charge in [0.2, 0.25) is 0 Å². The van der Waals surface area contributed by atoms with Crippen molar-refractivity contribution < 1.29 is 0 Å². The lowest BCUT2D eigenvalue weighted by Crippen LogP contribution is -1.83. The van der Waals surface area contributed by atoms with E-state index in [2.05, 4.69) is 84.9 Å². The molecule has 0 aliphatic rings. The lowest BCUT2D eigenvalue weighted by Gasteiger charge is -2.10. The highest BCUT2D eigenvalue weighted by Gasteiger charge is 2.06. The summed E-state index contributed by atoms with van der Waals surface area (Å²) in [6, 6.07) is 30.2. The molecule has 0 radical (unpaired) electrons. The van der Waals surface area contributed by atoms with Crippen LogP contribution < -0.4 is 0 Å². The zero-order chi connectivity index (χ0) is 13.4. The van der Waals surface area contributed by atoms with Crippen LogP contribution in [0.3, 0.4) is 0 Å².